The number of methoxy groups -OCH3 is 2. The molecule has 0 radical (unpaired) electrons. The van der Waals surface area contributed by atoms with Crippen LogP contribution in [0.5, 0.6) is 11.5 Å². The largest absolute Gasteiger partial charge is 0.495 e. The van der Waals surface area contributed by atoms with Crippen LogP contribution < -0.4 is 19.1 Å². The van der Waals surface area contributed by atoms with Crippen LogP contribution in [0.15, 0.2) is 59.5 Å². The van der Waals surface area contributed by atoms with Crippen molar-refractivity contribution in [2.24, 2.45) is 0 Å². The lowest BCUT2D eigenvalue weighted by molar-refractivity contribution is -0.114. The summed E-state index contributed by atoms with van der Waals surface area (Å²) in [4.78, 5) is 13.1. The van der Waals surface area contributed by atoms with Gasteiger partial charge in [-0.2, -0.15) is 0 Å². The first-order chi connectivity index (χ1) is 16.1. The maximum Gasteiger partial charge on any atom is 0.264 e. The van der Waals surface area contributed by atoms with Gasteiger partial charge in [0.15, 0.2) is 0 Å². The first-order valence-corrected chi connectivity index (χ1v) is 12.3. The van der Waals surface area contributed by atoms with Crippen LogP contribution in [0.25, 0.3) is 0 Å². The molecular formula is C24H24Cl2N2O5S. The molecule has 0 saturated carbocycles. The van der Waals surface area contributed by atoms with Gasteiger partial charge in [-0.3, -0.25) is 9.10 Å². The van der Waals surface area contributed by atoms with Crippen LogP contribution in [0.2, 0.25) is 10.0 Å². The molecule has 3 aromatic carbocycles. The van der Waals surface area contributed by atoms with Crippen LogP contribution in [-0.2, 0) is 14.8 Å². The highest BCUT2D eigenvalue weighted by atomic mass is 35.5. The van der Waals surface area contributed by atoms with Crippen LogP contribution in [0.1, 0.15) is 11.1 Å². The first-order valence-electron chi connectivity index (χ1n) is 10.1. The number of benzene rings is 3. The molecular weight excluding hydrogens is 499 g/mol. The molecule has 3 rings (SSSR count). The molecule has 0 heterocycles. The number of nitrogens with one attached hydrogen (secondary N) is 1. The zero-order valence-electron chi connectivity index (χ0n) is 19.1. The summed E-state index contributed by atoms with van der Waals surface area (Å²) in [5, 5.41) is 3.45. The zero-order chi connectivity index (χ0) is 25.0. The molecule has 0 saturated heterocycles. The van der Waals surface area contributed by atoms with Crippen LogP contribution in [0.4, 0.5) is 11.4 Å². The molecule has 0 bridgehead atoms. The van der Waals surface area contributed by atoms with E-state index in [-0.39, 0.29) is 10.6 Å². The predicted molar refractivity (Wildman–Crippen MR) is 135 cm³/mol. The second-order valence-corrected chi connectivity index (χ2v) is 10.2. The topological polar surface area (TPSA) is 84.9 Å². The Labute approximate surface area is 209 Å². The number of amides is 1. The molecule has 0 unspecified atom stereocenters. The third kappa shape index (κ3) is 5.58. The van der Waals surface area contributed by atoms with Gasteiger partial charge in [-0.25, -0.2) is 8.42 Å². The Morgan fingerprint density at radius 3 is 2.18 bits per heavy atom. The Hall–Kier alpha value is -2.94. The Bertz CT molecular complexity index is 1310. The van der Waals surface area contributed by atoms with Crippen molar-refractivity contribution in [3.05, 3.63) is 75.8 Å². The minimum Gasteiger partial charge on any atom is -0.495 e. The fourth-order valence-electron chi connectivity index (χ4n) is 3.31. The number of rotatable bonds is 8. The molecule has 0 aliphatic heterocycles. The van der Waals surface area contributed by atoms with Crippen molar-refractivity contribution in [2.45, 2.75) is 18.7 Å². The smallest absolute Gasteiger partial charge is 0.264 e. The number of hydrogen-bond donors (Lipinski definition) is 1. The lowest BCUT2D eigenvalue weighted by atomic mass is 10.2. The van der Waals surface area contributed by atoms with E-state index in [0.717, 1.165) is 9.87 Å². The number of carbonyl (C=O) groups is 1. The minimum atomic E-state index is -4.08. The summed E-state index contributed by atoms with van der Waals surface area (Å²) in [6.07, 6.45) is 0. The number of anilines is 2. The van der Waals surface area contributed by atoms with E-state index in [2.05, 4.69) is 5.32 Å². The Morgan fingerprint density at radius 1 is 0.941 bits per heavy atom. The number of halogens is 2. The van der Waals surface area contributed by atoms with Crippen molar-refractivity contribution in [3.63, 3.8) is 0 Å². The van der Waals surface area contributed by atoms with E-state index in [1.54, 1.807) is 37.3 Å². The summed E-state index contributed by atoms with van der Waals surface area (Å²) in [6, 6.07) is 14.2. The average Bonchev–Trinajstić information content (AvgIpc) is 2.79. The monoisotopic (exact) mass is 522 g/mol. The number of hydrogen-bond acceptors (Lipinski definition) is 5. The summed E-state index contributed by atoms with van der Waals surface area (Å²) >= 11 is 12.2. The first kappa shape index (κ1) is 25.7. The summed E-state index contributed by atoms with van der Waals surface area (Å²) in [5.41, 5.74) is 2.13. The van der Waals surface area contributed by atoms with E-state index >= 15 is 0 Å². The summed E-state index contributed by atoms with van der Waals surface area (Å²) in [6.45, 7) is 3.09. The maximum absolute atomic E-state index is 13.6. The van der Waals surface area contributed by atoms with E-state index in [1.807, 2.05) is 6.92 Å². The van der Waals surface area contributed by atoms with Gasteiger partial charge in [0.25, 0.3) is 10.0 Å². The lowest BCUT2D eigenvalue weighted by Gasteiger charge is -2.26. The third-order valence-electron chi connectivity index (χ3n) is 5.07. The van der Waals surface area contributed by atoms with E-state index in [1.165, 1.54) is 38.5 Å². The summed E-state index contributed by atoms with van der Waals surface area (Å²) < 4.78 is 38.7. The van der Waals surface area contributed by atoms with Gasteiger partial charge < -0.3 is 14.8 Å². The van der Waals surface area contributed by atoms with E-state index < -0.39 is 22.5 Å². The molecule has 180 valence electrons. The number of aryl methyl sites for hydroxylation is 2. The van der Waals surface area contributed by atoms with Crippen LogP contribution >= 0.6 is 23.2 Å². The quantitative estimate of drug-likeness (QED) is 0.424. The van der Waals surface area contributed by atoms with Gasteiger partial charge in [0.1, 0.15) is 18.0 Å². The molecule has 0 aliphatic rings. The van der Waals surface area contributed by atoms with Gasteiger partial charge in [-0.1, -0.05) is 40.9 Å². The SMILES string of the molecule is COc1cc(NC(=O)CN(c2ccc(Cl)cc2C)S(=O)(=O)c2ccc(C)cc2)c(OC)cc1Cl. The molecule has 0 aromatic heterocycles. The van der Waals surface area contributed by atoms with E-state index in [4.69, 9.17) is 32.7 Å². The third-order valence-corrected chi connectivity index (χ3v) is 7.38. The van der Waals surface area contributed by atoms with E-state index in [0.29, 0.717) is 32.8 Å². The molecule has 34 heavy (non-hydrogen) atoms. The molecule has 0 fully saturated rings. The van der Waals surface area contributed by atoms with Gasteiger partial charge in [-0.05, 0) is 49.7 Å². The Balaban J connectivity index is 2.01. The number of nitrogens with zero attached hydrogens (tertiary/aromatic N) is 1. The van der Waals surface area contributed by atoms with Crippen molar-refractivity contribution >= 4 is 50.5 Å². The second kappa shape index (κ2) is 10.5. The average molecular weight is 523 g/mol. The molecule has 0 aliphatic carbocycles. The molecule has 0 atom stereocenters. The molecule has 3 aromatic rings. The normalized spacial score (nSPS) is 11.1. The van der Waals surface area contributed by atoms with Crippen molar-refractivity contribution in [3.8, 4) is 11.5 Å². The highest BCUT2D eigenvalue weighted by Crippen LogP contribution is 2.36. The summed E-state index contributed by atoms with van der Waals surface area (Å²) in [5.74, 6) is 0.0397. The highest BCUT2D eigenvalue weighted by molar-refractivity contribution is 7.92. The van der Waals surface area contributed by atoms with Gasteiger partial charge in [0, 0.05) is 17.2 Å². The number of sulfonamides is 1. The lowest BCUT2D eigenvalue weighted by Crippen LogP contribution is -2.38. The molecule has 1 N–H and O–H groups in total. The van der Waals surface area contributed by atoms with Crippen molar-refractivity contribution in [1.82, 2.24) is 0 Å². The second-order valence-electron chi connectivity index (χ2n) is 7.49. The van der Waals surface area contributed by atoms with E-state index in [9.17, 15) is 13.2 Å². The molecule has 10 heteroatoms. The van der Waals surface area contributed by atoms with Gasteiger partial charge in [0.2, 0.25) is 5.91 Å². The van der Waals surface area contributed by atoms with Crippen molar-refractivity contribution in [1.29, 1.82) is 0 Å². The van der Waals surface area contributed by atoms with Crippen molar-refractivity contribution < 1.29 is 22.7 Å². The fraction of sp³-hybridized carbons (Fsp3) is 0.208. The van der Waals surface area contributed by atoms with Crippen molar-refractivity contribution in [2.75, 3.05) is 30.4 Å². The molecule has 7 nitrogen and oxygen atoms in total. The standard InChI is InChI=1S/C24H24Cl2N2O5S/c1-15-5-8-18(9-6-15)34(30,31)28(21-10-7-17(25)11-16(21)2)14-24(29)27-20-13-22(32-3)19(26)12-23(20)33-4/h5-13H,14H2,1-4H3,(H,27,29). The predicted octanol–water partition coefficient (Wildman–Crippen LogP) is 5.46. The Morgan fingerprint density at radius 2 is 1.59 bits per heavy atom. The molecule has 0 spiro atoms. The number of ether oxygens (including phenoxy) is 2. The Kier molecular flexibility index (Phi) is 7.97. The van der Waals surface area contributed by atoms with Gasteiger partial charge in [-0.15, -0.1) is 0 Å². The minimum absolute atomic E-state index is 0.0611. The zero-order valence-corrected chi connectivity index (χ0v) is 21.4. The van der Waals surface area contributed by atoms with Gasteiger partial charge >= 0.3 is 0 Å². The van der Waals surface area contributed by atoms with Crippen LogP contribution in [-0.4, -0.2) is 35.1 Å². The van der Waals surface area contributed by atoms with Gasteiger partial charge in [0.05, 0.1) is 35.5 Å². The maximum atomic E-state index is 13.6. The number of carbonyl (C=O) groups excluding carboxylic acids is 1. The summed E-state index contributed by atoms with van der Waals surface area (Å²) in [7, 11) is -1.20. The van der Waals surface area contributed by atoms with Crippen LogP contribution in [0, 0.1) is 13.8 Å². The van der Waals surface area contributed by atoms with Crippen LogP contribution in [0.3, 0.4) is 0 Å². The molecule has 1 amide bonds. The fourth-order valence-corrected chi connectivity index (χ4v) is 5.26. The highest BCUT2D eigenvalue weighted by Gasteiger charge is 2.29.